The maximum absolute atomic E-state index is 11.1. The lowest BCUT2D eigenvalue weighted by atomic mass is 10.3. The van der Waals surface area contributed by atoms with Gasteiger partial charge in [-0.3, -0.25) is 0 Å². The fourth-order valence-electron chi connectivity index (χ4n) is 0.868. The molecule has 78 valence electrons. The fourth-order valence-corrected chi connectivity index (χ4v) is 3.07. The Kier molecular flexibility index (Phi) is 3.18. The lowest BCUT2D eigenvalue weighted by molar-refractivity contribution is 0.0605. The molecule has 7 heteroatoms. The van der Waals surface area contributed by atoms with E-state index in [1.165, 1.54) is 13.2 Å². The first kappa shape index (κ1) is 11.5. The number of carbonyl (C=O) groups is 1. The molecule has 1 heterocycles. The molecule has 0 bridgehead atoms. The summed E-state index contributed by atoms with van der Waals surface area (Å²) >= 11 is 0.805. The molecule has 0 unspecified atom stereocenters. The minimum absolute atomic E-state index is 0.0444. The number of halogens is 1. The zero-order valence-corrected chi connectivity index (χ0v) is 9.79. The minimum atomic E-state index is -3.76. The van der Waals surface area contributed by atoms with Crippen LogP contribution in [0.3, 0.4) is 0 Å². The molecule has 1 rings (SSSR count). The van der Waals surface area contributed by atoms with Gasteiger partial charge in [0.2, 0.25) is 0 Å². The van der Waals surface area contributed by atoms with Crippen LogP contribution in [0.5, 0.6) is 0 Å². The van der Waals surface area contributed by atoms with Crippen molar-refractivity contribution in [3.8, 4) is 0 Å². The monoisotopic (exact) mass is 254 g/mol. The van der Waals surface area contributed by atoms with E-state index in [4.69, 9.17) is 10.7 Å². The van der Waals surface area contributed by atoms with Gasteiger partial charge in [0, 0.05) is 10.7 Å². The number of hydrogen-bond acceptors (Lipinski definition) is 5. The van der Waals surface area contributed by atoms with Crippen LogP contribution in [-0.2, 0) is 13.8 Å². The summed E-state index contributed by atoms with van der Waals surface area (Å²) in [6.45, 7) is 1.62. The lowest BCUT2D eigenvalue weighted by Gasteiger charge is -1.94. The van der Waals surface area contributed by atoms with Crippen LogP contribution < -0.4 is 0 Å². The first-order chi connectivity index (χ1) is 6.36. The Hall–Kier alpha value is -0.590. The number of aryl methyl sites for hydroxylation is 1. The van der Waals surface area contributed by atoms with Crippen molar-refractivity contribution >= 4 is 37.0 Å². The smallest absolute Gasteiger partial charge is 0.348 e. The Morgan fingerprint density at radius 3 is 2.50 bits per heavy atom. The zero-order chi connectivity index (χ0) is 10.9. The summed E-state index contributed by atoms with van der Waals surface area (Å²) in [5.41, 5.74) is 0.543. The van der Waals surface area contributed by atoms with Crippen LogP contribution >= 0.6 is 22.0 Å². The Balaban J connectivity index is 3.25. The van der Waals surface area contributed by atoms with E-state index in [1.807, 2.05) is 0 Å². The molecule has 0 atom stereocenters. The van der Waals surface area contributed by atoms with Crippen molar-refractivity contribution in [1.82, 2.24) is 0 Å². The predicted molar refractivity (Wildman–Crippen MR) is 53.4 cm³/mol. The molecule has 14 heavy (non-hydrogen) atoms. The summed E-state index contributed by atoms with van der Waals surface area (Å²) in [4.78, 5) is 11.4. The molecule has 1 aromatic heterocycles. The highest BCUT2D eigenvalue weighted by Gasteiger charge is 2.20. The molecule has 0 fully saturated rings. The minimum Gasteiger partial charge on any atom is -0.465 e. The number of methoxy groups -OCH3 is 1. The van der Waals surface area contributed by atoms with Gasteiger partial charge in [-0.2, -0.15) is 0 Å². The van der Waals surface area contributed by atoms with Crippen molar-refractivity contribution in [2.24, 2.45) is 0 Å². The molecule has 0 aromatic carbocycles. The van der Waals surface area contributed by atoms with Gasteiger partial charge in [-0.15, -0.1) is 11.3 Å². The second-order valence-corrected chi connectivity index (χ2v) is 6.35. The highest BCUT2D eigenvalue weighted by molar-refractivity contribution is 8.15. The van der Waals surface area contributed by atoms with Crippen molar-refractivity contribution in [3.05, 3.63) is 16.5 Å². The van der Waals surface area contributed by atoms with Crippen molar-refractivity contribution in [1.29, 1.82) is 0 Å². The molecule has 0 radical (unpaired) electrons. The number of thiophene rings is 1. The van der Waals surface area contributed by atoms with E-state index >= 15 is 0 Å². The SMILES string of the molecule is COC(=O)c1sc(S(=O)(=O)Cl)cc1C. The molecule has 0 N–H and O–H groups in total. The summed E-state index contributed by atoms with van der Waals surface area (Å²) < 4.78 is 26.3. The molecule has 0 saturated heterocycles. The van der Waals surface area contributed by atoms with Gasteiger partial charge in [-0.25, -0.2) is 13.2 Å². The first-order valence-corrected chi connectivity index (χ1v) is 6.62. The third kappa shape index (κ3) is 2.26. The number of rotatable bonds is 2. The van der Waals surface area contributed by atoms with Crippen molar-refractivity contribution in [2.75, 3.05) is 7.11 Å². The fraction of sp³-hybridized carbons (Fsp3) is 0.286. The van der Waals surface area contributed by atoms with Gasteiger partial charge in [0.15, 0.2) is 0 Å². The van der Waals surface area contributed by atoms with Crippen LogP contribution in [0.1, 0.15) is 15.2 Å². The van der Waals surface area contributed by atoms with Crippen LogP contribution in [0, 0.1) is 6.92 Å². The van der Waals surface area contributed by atoms with E-state index in [-0.39, 0.29) is 9.09 Å². The topological polar surface area (TPSA) is 60.4 Å². The summed E-state index contributed by atoms with van der Waals surface area (Å²) in [5, 5.41) is 0. The van der Waals surface area contributed by atoms with Crippen molar-refractivity contribution in [2.45, 2.75) is 11.1 Å². The van der Waals surface area contributed by atoms with Crippen LogP contribution in [0.25, 0.3) is 0 Å². The van der Waals surface area contributed by atoms with E-state index in [0.717, 1.165) is 11.3 Å². The standard InChI is InChI=1S/C7H7ClO4S2/c1-4-3-5(14(8,10)11)13-6(4)7(9)12-2/h3H,1-2H3. The largest absolute Gasteiger partial charge is 0.465 e. The average Bonchev–Trinajstić information content (AvgIpc) is 2.45. The molecule has 0 spiro atoms. The normalized spacial score (nSPS) is 11.4. The van der Waals surface area contributed by atoms with Gasteiger partial charge >= 0.3 is 5.97 Å². The highest BCUT2D eigenvalue weighted by atomic mass is 35.7. The third-order valence-corrected chi connectivity index (χ3v) is 4.80. The van der Waals surface area contributed by atoms with Gasteiger partial charge in [0.05, 0.1) is 7.11 Å². The molecule has 0 aliphatic carbocycles. The van der Waals surface area contributed by atoms with Crippen LogP contribution in [-0.4, -0.2) is 21.5 Å². The number of ether oxygens (including phenoxy) is 1. The van der Waals surface area contributed by atoms with Crippen LogP contribution in [0.4, 0.5) is 0 Å². The van der Waals surface area contributed by atoms with Gasteiger partial charge in [0.25, 0.3) is 9.05 Å². The number of carbonyl (C=O) groups excluding carboxylic acids is 1. The van der Waals surface area contributed by atoms with Crippen molar-refractivity contribution in [3.63, 3.8) is 0 Å². The predicted octanol–water partition coefficient (Wildman–Crippen LogP) is 1.77. The maximum Gasteiger partial charge on any atom is 0.348 e. The van der Waals surface area contributed by atoms with Crippen LogP contribution in [0.15, 0.2) is 10.3 Å². The zero-order valence-electron chi connectivity index (χ0n) is 7.40. The molecule has 0 aliphatic heterocycles. The number of hydrogen-bond donors (Lipinski definition) is 0. The Morgan fingerprint density at radius 2 is 2.14 bits per heavy atom. The summed E-state index contributed by atoms with van der Waals surface area (Å²) in [7, 11) is 2.59. The van der Waals surface area contributed by atoms with E-state index in [2.05, 4.69) is 4.74 Å². The molecular weight excluding hydrogens is 248 g/mol. The highest BCUT2D eigenvalue weighted by Crippen LogP contribution is 2.28. The lowest BCUT2D eigenvalue weighted by Crippen LogP contribution is -1.99. The summed E-state index contributed by atoms with van der Waals surface area (Å²) in [6, 6.07) is 1.35. The summed E-state index contributed by atoms with van der Waals surface area (Å²) in [6.07, 6.45) is 0. The van der Waals surface area contributed by atoms with Gasteiger partial charge in [-0.05, 0) is 18.6 Å². The van der Waals surface area contributed by atoms with Crippen molar-refractivity contribution < 1.29 is 17.9 Å². The number of esters is 1. The molecule has 0 aliphatic rings. The van der Waals surface area contributed by atoms with E-state index < -0.39 is 15.0 Å². The maximum atomic E-state index is 11.1. The molecule has 0 saturated carbocycles. The average molecular weight is 255 g/mol. The Labute approximate surface area is 89.9 Å². The molecule has 1 aromatic rings. The van der Waals surface area contributed by atoms with E-state index in [0.29, 0.717) is 5.56 Å². The summed E-state index contributed by atoms with van der Waals surface area (Å²) in [5.74, 6) is -0.556. The first-order valence-electron chi connectivity index (χ1n) is 3.49. The molecular formula is C7H7ClO4S2. The second-order valence-electron chi connectivity index (χ2n) is 2.51. The third-order valence-electron chi connectivity index (χ3n) is 1.51. The molecule has 0 amide bonds. The molecule has 4 nitrogen and oxygen atoms in total. The van der Waals surface area contributed by atoms with Gasteiger partial charge < -0.3 is 4.74 Å². The second kappa shape index (κ2) is 3.88. The van der Waals surface area contributed by atoms with Crippen LogP contribution in [0.2, 0.25) is 0 Å². The van der Waals surface area contributed by atoms with Gasteiger partial charge in [0.1, 0.15) is 9.09 Å². The quantitative estimate of drug-likeness (QED) is 0.596. The van der Waals surface area contributed by atoms with E-state index in [9.17, 15) is 13.2 Å². The van der Waals surface area contributed by atoms with Gasteiger partial charge in [-0.1, -0.05) is 0 Å². The Morgan fingerprint density at radius 1 is 1.57 bits per heavy atom. The van der Waals surface area contributed by atoms with E-state index in [1.54, 1.807) is 6.92 Å². The Bertz CT molecular complexity index is 460.